The first-order valence-electron chi connectivity index (χ1n) is 5.96. The number of benzene rings is 1. The zero-order valence-electron chi connectivity index (χ0n) is 10.8. The molecule has 1 heterocycles. The van der Waals surface area contributed by atoms with Gasteiger partial charge in [0.05, 0.1) is 5.02 Å². The molecule has 6 heteroatoms. The smallest absolute Gasteiger partial charge is 0.256 e. The van der Waals surface area contributed by atoms with E-state index in [1.165, 1.54) is 24.4 Å². The molecule has 0 aliphatic carbocycles. The van der Waals surface area contributed by atoms with Gasteiger partial charge >= 0.3 is 0 Å². The third-order valence-electron chi connectivity index (χ3n) is 2.52. The molecule has 0 saturated heterocycles. The summed E-state index contributed by atoms with van der Waals surface area (Å²) in [7, 11) is 0. The molecule has 0 unspecified atom stereocenters. The Balaban J connectivity index is 2.17. The Hall–Kier alpha value is -2.55. The number of aromatic hydroxyl groups is 1. The molecule has 0 aliphatic rings. The maximum Gasteiger partial charge on any atom is 0.256 e. The van der Waals surface area contributed by atoms with E-state index in [-0.39, 0.29) is 17.4 Å². The van der Waals surface area contributed by atoms with Gasteiger partial charge in [-0.1, -0.05) is 23.4 Å². The zero-order valence-corrected chi connectivity index (χ0v) is 11.6. The van der Waals surface area contributed by atoms with E-state index in [9.17, 15) is 9.90 Å². The van der Waals surface area contributed by atoms with Gasteiger partial charge in [-0.2, -0.15) is 0 Å². The minimum absolute atomic E-state index is 0.0902. The molecule has 106 valence electrons. The van der Waals surface area contributed by atoms with Crippen molar-refractivity contribution in [3.8, 4) is 17.6 Å². The number of phenols is 1. The van der Waals surface area contributed by atoms with E-state index < -0.39 is 5.91 Å². The molecule has 0 spiro atoms. The van der Waals surface area contributed by atoms with Crippen LogP contribution in [0.25, 0.3) is 0 Å². The van der Waals surface area contributed by atoms with Crippen molar-refractivity contribution in [2.24, 2.45) is 0 Å². The predicted molar refractivity (Wildman–Crippen MR) is 79.3 cm³/mol. The zero-order chi connectivity index (χ0) is 15.2. The second-order valence-corrected chi connectivity index (χ2v) is 4.42. The molecule has 0 atom stereocenters. The third kappa shape index (κ3) is 3.96. The second kappa shape index (κ2) is 6.75. The monoisotopic (exact) mass is 302 g/mol. The number of rotatable bonds is 2. The van der Waals surface area contributed by atoms with Crippen LogP contribution in [0.3, 0.4) is 0 Å². The quantitative estimate of drug-likeness (QED) is 0.741. The molecule has 0 bridgehead atoms. The van der Waals surface area contributed by atoms with Crippen molar-refractivity contribution in [3.05, 3.63) is 52.7 Å². The van der Waals surface area contributed by atoms with Crippen molar-refractivity contribution in [1.29, 1.82) is 0 Å². The van der Waals surface area contributed by atoms with Crippen molar-refractivity contribution in [2.75, 3.05) is 11.9 Å². The fourth-order valence-electron chi connectivity index (χ4n) is 1.55. The number of anilines is 1. The van der Waals surface area contributed by atoms with Crippen molar-refractivity contribution in [2.45, 2.75) is 0 Å². The van der Waals surface area contributed by atoms with Crippen molar-refractivity contribution in [3.63, 3.8) is 0 Å². The predicted octanol–water partition coefficient (Wildman–Crippen LogP) is 2.04. The van der Waals surface area contributed by atoms with E-state index in [1.54, 1.807) is 12.1 Å². The maximum absolute atomic E-state index is 12.0. The lowest BCUT2D eigenvalue weighted by molar-refractivity contribution is 0.102. The summed E-state index contributed by atoms with van der Waals surface area (Å²) in [4.78, 5) is 16.0. The van der Waals surface area contributed by atoms with Crippen LogP contribution in [0.1, 0.15) is 15.9 Å². The van der Waals surface area contributed by atoms with E-state index in [1.807, 2.05) is 0 Å². The first kappa shape index (κ1) is 14.9. The molecule has 1 aromatic carbocycles. The molecule has 3 N–H and O–H groups in total. The van der Waals surface area contributed by atoms with Gasteiger partial charge in [-0.05, 0) is 30.3 Å². The average molecular weight is 303 g/mol. The Labute approximate surface area is 126 Å². The maximum atomic E-state index is 12.0. The van der Waals surface area contributed by atoms with Crippen LogP contribution in [-0.4, -0.2) is 27.7 Å². The van der Waals surface area contributed by atoms with Crippen LogP contribution in [0, 0.1) is 11.8 Å². The lowest BCUT2D eigenvalue weighted by atomic mass is 10.2. The molecular weight excluding hydrogens is 292 g/mol. The Morgan fingerprint density at radius 2 is 2.14 bits per heavy atom. The van der Waals surface area contributed by atoms with Crippen molar-refractivity contribution < 1.29 is 15.0 Å². The van der Waals surface area contributed by atoms with Gasteiger partial charge in [-0.15, -0.1) is 0 Å². The van der Waals surface area contributed by atoms with Crippen LogP contribution in [0.15, 0.2) is 36.5 Å². The first-order valence-corrected chi connectivity index (χ1v) is 6.33. The number of hydrogen-bond donors (Lipinski definition) is 3. The summed E-state index contributed by atoms with van der Waals surface area (Å²) >= 11 is 5.76. The fourth-order valence-corrected chi connectivity index (χ4v) is 1.74. The van der Waals surface area contributed by atoms with Gasteiger partial charge in [0, 0.05) is 17.3 Å². The number of aliphatic hydroxyl groups excluding tert-OH is 1. The number of nitrogens with one attached hydrogen (secondary N) is 1. The van der Waals surface area contributed by atoms with E-state index in [0.717, 1.165) is 0 Å². The Morgan fingerprint density at radius 3 is 2.86 bits per heavy atom. The van der Waals surface area contributed by atoms with Gasteiger partial charge in [-0.3, -0.25) is 4.79 Å². The van der Waals surface area contributed by atoms with Crippen LogP contribution in [0.2, 0.25) is 5.02 Å². The Kier molecular flexibility index (Phi) is 4.77. The number of amides is 1. The van der Waals surface area contributed by atoms with Gasteiger partial charge in [0.2, 0.25) is 0 Å². The molecule has 0 fully saturated rings. The summed E-state index contributed by atoms with van der Waals surface area (Å²) < 4.78 is 0. The lowest BCUT2D eigenvalue weighted by Crippen LogP contribution is -2.12. The second-order valence-electron chi connectivity index (χ2n) is 4.01. The van der Waals surface area contributed by atoms with Crippen molar-refractivity contribution >= 4 is 23.3 Å². The van der Waals surface area contributed by atoms with Gasteiger partial charge in [-0.25, -0.2) is 4.98 Å². The summed E-state index contributed by atoms with van der Waals surface area (Å²) in [6, 6.07) is 7.40. The van der Waals surface area contributed by atoms with Gasteiger partial charge in [0.15, 0.2) is 0 Å². The topological polar surface area (TPSA) is 82.5 Å². The summed E-state index contributed by atoms with van der Waals surface area (Å²) in [5.74, 6) is 5.06. The number of halogens is 1. The van der Waals surface area contributed by atoms with Gasteiger partial charge in [0.1, 0.15) is 18.2 Å². The SMILES string of the molecule is O=C(Nc1cc(C#CCO)ccn1)c1ccc(O)c(Cl)c1. The highest BCUT2D eigenvalue weighted by Gasteiger charge is 2.09. The molecule has 0 radical (unpaired) electrons. The van der Waals surface area contributed by atoms with E-state index >= 15 is 0 Å². The van der Waals surface area contributed by atoms with Crippen LogP contribution in [-0.2, 0) is 0 Å². The number of carbonyl (C=O) groups excluding carboxylic acids is 1. The fraction of sp³-hybridized carbons (Fsp3) is 0.0667. The van der Waals surface area contributed by atoms with Crippen molar-refractivity contribution in [1.82, 2.24) is 4.98 Å². The van der Waals surface area contributed by atoms with Crippen LogP contribution in [0.5, 0.6) is 5.75 Å². The van der Waals surface area contributed by atoms with Gasteiger partial charge in [0.25, 0.3) is 5.91 Å². The van der Waals surface area contributed by atoms with E-state index in [4.69, 9.17) is 16.7 Å². The highest BCUT2D eigenvalue weighted by atomic mass is 35.5. The number of carbonyl (C=O) groups is 1. The summed E-state index contributed by atoms with van der Waals surface area (Å²) in [5, 5.41) is 20.7. The molecule has 0 aliphatic heterocycles. The molecule has 0 saturated carbocycles. The molecule has 2 aromatic rings. The molecule has 2 rings (SSSR count). The van der Waals surface area contributed by atoms with Crippen LogP contribution >= 0.6 is 11.6 Å². The summed E-state index contributed by atoms with van der Waals surface area (Å²) in [5.41, 5.74) is 0.921. The summed E-state index contributed by atoms with van der Waals surface area (Å²) in [6.07, 6.45) is 1.50. The Morgan fingerprint density at radius 1 is 1.33 bits per heavy atom. The van der Waals surface area contributed by atoms with Crippen LogP contribution < -0.4 is 5.32 Å². The highest BCUT2D eigenvalue weighted by molar-refractivity contribution is 6.32. The number of aromatic nitrogens is 1. The first-order chi connectivity index (χ1) is 10.1. The standard InChI is InChI=1S/C15H11ClN2O3/c16-12-9-11(3-4-13(12)20)15(21)18-14-8-10(2-1-7-19)5-6-17-14/h3-6,8-9,19-20H,7H2,(H,17,18,21). The van der Waals surface area contributed by atoms with E-state index in [0.29, 0.717) is 16.9 Å². The normalized spacial score (nSPS) is 9.62. The van der Waals surface area contributed by atoms with Gasteiger partial charge < -0.3 is 15.5 Å². The number of phenolic OH excluding ortho intramolecular Hbond substituents is 1. The summed E-state index contributed by atoms with van der Waals surface area (Å²) in [6.45, 7) is -0.240. The average Bonchev–Trinajstić information content (AvgIpc) is 2.48. The number of pyridine rings is 1. The molecule has 21 heavy (non-hydrogen) atoms. The number of aliphatic hydroxyl groups is 1. The third-order valence-corrected chi connectivity index (χ3v) is 2.83. The number of hydrogen-bond acceptors (Lipinski definition) is 4. The molecule has 1 amide bonds. The largest absolute Gasteiger partial charge is 0.506 e. The van der Waals surface area contributed by atoms with Crippen LogP contribution in [0.4, 0.5) is 5.82 Å². The minimum atomic E-state index is -0.406. The minimum Gasteiger partial charge on any atom is -0.506 e. The molecular formula is C15H11ClN2O3. The molecule has 5 nitrogen and oxygen atoms in total. The highest BCUT2D eigenvalue weighted by Crippen LogP contribution is 2.24. The van der Waals surface area contributed by atoms with E-state index in [2.05, 4.69) is 22.1 Å². The number of nitrogens with zero attached hydrogens (tertiary/aromatic N) is 1. The molecule has 1 aromatic heterocycles. The lowest BCUT2D eigenvalue weighted by Gasteiger charge is -2.05. The Bertz CT molecular complexity index is 735.